The summed E-state index contributed by atoms with van der Waals surface area (Å²) in [6.45, 7) is 6.18. The smallest absolute Gasteiger partial charge is 0.244 e. The van der Waals surface area contributed by atoms with Crippen LogP contribution in [-0.2, 0) is 21.3 Å². The molecule has 1 heterocycles. The lowest BCUT2D eigenvalue weighted by Gasteiger charge is -2.14. The zero-order valence-electron chi connectivity index (χ0n) is 10.9. The van der Waals surface area contributed by atoms with Crippen LogP contribution in [0.3, 0.4) is 0 Å². The molecule has 0 saturated heterocycles. The van der Waals surface area contributed by atoms with E-state index in [1.54, 1.807) is 13.8 Å². The zero-order valence-corrected chi connectivity index (χ0v) is 11.7. The third-order valence-corrected chi connectivity index (χ3v) is 4.14. The second-order valence-corrected chi connectivity index (χ2v) is 5.66. The average molecular weight is 276 g/mol. The molecule has 0 saturated carbocycles. The molecule has 0 spiro atoms. The topological polar surface area (TPSA) is 110 Å². The van der Waals surface area contributed by atoms with Crippen molar-refractivity contribution in [2.45, 2.75) is 38.3 Å². The van der Waals surface area contributed by atoms with E-state index >= 15 is 0 Å². The summed E-state index contributed by atoms with van der Waals surface area (Å²) in [5.41, 5.74) is 6.29. The quantitative estimate of drug-likeness (QED) is 0.643. The largest absolute Gasteiger partial charge is 0.380 e. The van der Waals surface area contributed by atoms with Crippen molar-refractivity contribution in [1.29, 1.82) is 0 Å². The highest BCUT2D eigenvalue weighted by molar-refractivity contribution is 7.89. The molecule has 4 N–H and O–H groups in total. The van der Waals surface area contributed by atoms with Crippen molar-refractivity contribution in [3.63, 3.8) is 0 Å². The van der Waals surface area contributed by atoms with Crippen LogP contribution in [0, 0.1) is 6.92 Å². The highest BCUT2D eigenvalue weighted by atomic mass is 32.2. The molecule has 1 atom stereocenters. The number of rotatable bonds is 7. The fraction of sp³-hybridized carbons (Fsp3) is 0.700. The van der Waals surface area contributed by atoms with Crippen LogP contribution < -0.4 is 10.5 Å². The maximum Gasteiger partial charge on any atom is 0.244 e. The molecule has 0 bridgehead atoms. The number of sulfonamides is 1. The second kappa shape index (κ2) is 6.28. The van der Waals surface area contributed by atoms with Crippen LogP contribution in [0.4, 0.5) is 0 Å². The van der Waals surface area contributed by atoms with E-state index in [9.17, 15) is 8.42 Å². The van der Waals surface area contributed by atoms with Gasteiger partial charge >= 0.3 is 0 Å². The minimum absolute atomic E-state index is 0.0699. The predicted octanol–water partition coefficient (Wildman–Crippen LogP) is -0.120. The van der Waals surface area contributed by atoms with Crippen LogP contribution in [0.15, 0.2) is 4.90 Å². The minimum atomic E-state index is -3.62. The van der Waals surface area contributed by atoms with E-state index in [1.807, 2.05) is 6.92 Å². The summed E-state index contributed by atoms with van der Waals surface area (Å²) in [6, 6.07) is -0.310. The van der Waals surface area contributed by atoms with Gasteiger partial charge in [0.1, 0.15) is 4.90 Å². The maximum absolute atomic E-state index is 12.2. The Morgan fingerprint density at radius 2 is 2.22 bits per heavy atom. The van der Waals surface area contributed by atoms with Crippen LogP contribution in [0.2, 0.25) is 0 Å². The minimum Gasteiger partial charge on any atom is -0.380 e. The third-order valence-electron chi connectivity index (χ3n) is 2.35. The number of nitrogens with two attached hydrogens (primary N) is 1. The molecular formula is C10H20N4O3S. The van der Waals surface area contributed by atoms with Crippen molar-refractivity contribution < 1.29 is 13.2 Å². The first-order valence-corrected chi connectivity index (χ1v) is 7.24. The molecule has 8 heteroatoms. The van der Waals surface area contributed by atoms with Crippen molar-refractivity contribution in [3.8, 4) is 0 Å². The number of ether oxygens (including phenoxy) is 1. The number of hydrogen-bond donors (Lipinski definition) is 3. The van der Waals surface area contributed by atoms with Gasteiger partial charge in [-0.2, -0.15) is 5.10 Å². The van der Waals surface area contributed by atoms with Crippen LogP contribution in [0.1, 0.15) is 25.2 Å². The number of nitrogens with one attached hydrogen (secondary N) is 2. The SMILES string of the molecule is CCOCC(C)NS(=O)(=O)c1c(CN)n[nH]c1C. The van der Waals surface area contributed by atoms with E-state index in [-0.39, 0.29) is 17.5 Å². The van der Waals surface area contributed by atoms with Gasteiger partial charge in [-0.1, -0.05) is 0 Å². The Morgan fingerprint density at radius 1 is 1.56 bits per heavy atom. The lowest BCUT2D eigenvalue weighted by Crippen LogP contribution is -2.36. The van der Waals surface area contributed by atoms with E-state index in [1.165, 1.54) is 0 Å². The molecule has 0 aliphatic carbocycles. The van der Waals surface area contributed by atoms with Crippen LogP contribution in [-0.4, -0.2) is 37.9 Å². The Balaban J connectivity index is 2.89. The summed E-state index contributed by atoms with van der Waals surface area (Å²) < 4.78 is 32.1. The number of hydrogen-bond acceptors (Lipinski definition) is 5. The summed E-state index contributed by atoms with van der Waals surface area (Å²) in [4.78, 5) is 0.133. The Hall–Kier alpha value is -0.960. The van der Waals surface area contributed by atoms with E-state index in [0.717, 1.165) is 0 Å². The van der Waals surface area contributed by atoms with Crippen LogP contribution >= 0.6 is 0 Å². The van der Waals surface area contributed by atoms with Gasteiger partial charge in [-0.25, -0.2) is 13.1 Å². The van der Waals surface area contributed by atoms with Crippen molar-refractivity contribution in [3.05, 3.63) is 11.4 Å². The van der Waals surface area contributed by atoms with Gasteiger partial charge in [0.2, 0.25) is 10.0 Å². The molecule has 0 aliphatic rings. The first-order chi connectivity index (χ1) is 8.42. The highest BCUT2D eigenvalue weighted by Gasteiger charge is 2.25. The van der Waals surface area contributed by atoms with Gasteiger partial charge < -0.3 is 10.5 Å². The maximum atomic E-state index is 12.2. The van der Waals surface area contributed by atoms with Gasteiger partial charge in [0, 0.05) is 19.2 Å². The van der Waals surface area contributed by atoms with Crippen molar-refractivity contribution in [2.75, 3.05) is 13.2 Å². The molecule has 0 aliphatic heterocycles. The number of aryl methyl sites for hydroxylation is 1. The van der Waals surface area contributed by atoms with Gasteiger partial charge in [-0.15, -0.1) is 0 Å². The van der Waals surface area contributed by atoms with E-state index < -0.39 is 10.0 Å². The second-order valence-electron chi connectivity index (χ2n) is 4.01. The zero-order chi connectivity index (χ0) is 13.8. The Morgan fingerprint density at radius 3 is 2.78 bits per heavy atom. The van der Waals surface area contributed by atoms with Gasteiger partial charge in [-0.05, 0) is 20.8 Å². The number of H-pyrrole nitrogens is 1. The standard InChI is InChI=1S/C10H20N4O3S/c1-4-17-6-7(2)14-18(15,16)10-8(3)12-13-9(10)5-11/h7,14H,4-6,11H2,1-3H3,(H,12,13). The van der Waals surface area contributed by atoms with Crippen molar-refractivity contribution >= 4 is 10.0 Å². The van der Waals surface area contributed by atoms with Crippen LogP contribution in [0.5, 0.6) is 0 Å². The number of aromatic amines is 1. The number of nitrogens with zero attached hydrogens (tertiary/aromatic N) is 1. The molecule has 1 rings (SSSR count). The van der Waals surface area contributed by atoms with Gasteiger partial charge in [-0.3, -0.25) is 5.10 Å². The third kappa shape index (κ3) is 3.52. The molecule has 0 amide bonds. The monoisotopic (exact) mass is 276 g/mol. The summed E-state index contributed by atoms with van der Waals surface area (Å²) in [7, 11) is -3.62. The summed E-state index contributed by atoms with van der Waals surface area (Å²) in [5.74, 6) is 0. The molecule has 18 heavy (non-hydrogen) atoms. The number of aromatic nitrogens is 2. The molecule has 0 aromatic carbocycles. The van der Waals surface area contributed by atoms with Crippen molar-refractivity contribution in [1.82, 2.24) is 14.9 Å². The Bertz CT molecular complexity index is 483. The lowest BCUT2D eigenvalue weighted by atomic mass is 10.4. The fourth-order valence-corrected chi connectivity index (χ4v) is 3.22. The first-order valence-electron chi connectivity index (χ1n) is 5.76. The predicted molar refractivity (Wildman–Crippen MR) is 67.5 cm³/mol. The molecule has 0 fully saturated rings. The normalized spacial score (nSPS) is 13.8. The fourth-order valence-electron chi connectivity index (χ4n) is 1.62. The van der Waals surface area contributed by atoms with E-state index in [4.69, 9.17) is 10.5 Å². The average Bonchev–Trinajstić information content (AvgIpc) is 2.67. The molecule has 104 valence electrons. The molecule has 1 aromatic rings. The summed E-state index contributed by atoms with van der Waals surface area (Å²) in [6.07, 6.45) is 0. The van der Waals surface area contributed by atoms with Gasteiger partial charge in [0.25, 0.3) is 0 Å². The van der Waals surface area contributed by atoms with Crippen LogP contribution in [0.25, 0.3) is 0 Å². The Labute approximate surface area is 107 Å². The van der Waals surface area contributed by atoms with E-state index in [0.29, 0.717) is 24.6 Å². The lowest BCUT2D eigenvalue weighted by molar-refractivity contribution is 0.133. The summed E-state index contributed by atoms with van der Waals surface area (Å²) >= 11 is 0. The highest BCUT2D eigenvalue weighted by Crippen LogP contribution is 2.17. The first kappa shape index (κ1) is 15.1. The molecule has 0 radical (unpaired) electrons. The van der Waals surface area contributed by atoms with E-state index in [2.05, 4.69) is 14.9 Å². The van der Waals surface area contributed by atoms with Crippen molar-refractivity contribution in [2.24, 2.45) is 5.73 Å². The van der Waals surface area contributed by atoms with Gasteiger partial charge in [0.05, 0.1) is 18.0 Å². The Kier molecular flexibility index (Phi) is 5.27. The summed E-state index contributed by atoms with van der Waals surface area (Å²) in [5, 5.41) is 6.50. The molecule has 1 unspecified atom stereocenters. The van der Waals surface area contributed by atoms with Gasteiger partial charge in [0.15, 0.2) is 0 Å². The molecule has 7 nitrogen and oxygen atoms in total. The molecular weight excluding hydrogens is 256 g/mol. The molecule has 1 aromatic heterocycles.